The number of hydrogen-bond donors (Lipinski definition) is 1. The zero-order valence-corrected chi connectivity index (χ0v) is 29.6. The van der Waals surface area contributed by atoms with E-state index in [0.717, 1.165) is 26.1 Å². The second-order valence-electron chi connectivity index (χ2n) is 13.7. The molecular weight excluding hydrogens is 564 g/mol. The fourth-order valence-corrected chi connectivity index (χ4v) is 7.45. The number of likely N-dealkylation sites (N-methyl/N-ethyl adjacent to an activating group) is 1. The molecule has 0 bridgehead atoms. The first-order valence-corrected chi connectivity index (χ1v) is 18.8. The van der Waals surface area contributed by atoms with Crippen LogP contribution in [0.15, 0.2) is 61.1 Å². The third kappa shape index (κ3) is 10.3. The van der Waals surface area contributed by atoms with Gasteiger partial charge >= 0.3 is 0 Å². The topological polar surface area (TPSA) is 43.2 Å². The quantitative estimate of drug-likeness (QED) is 0.113. The third-order valence-electron chi connectivity index (χ3n) is 10.2. The molecule has 2 aromatic heterocycles. The molecular formula is C41H63N4O+. The summed E-state index contributed by atoms with van der Waals surface area (Å²) in [4.78, 5) is 20.6. The predicted molar refractivity (Wildman–Crippen MR) is 195 cm³/mol. The molecule has 1 aliphatic heterocycles. The summed E-state index contributed by atoms with van der Waals surface area (Å²) in [5, 5.41) is 1.34. The van der Waals surface area contributed by atoms with Gasteiger partial charge in [-0.15, -0.1) is 0 Å². The Labute approximate surface area is 280 Å². The molecule has 46 heavy (non-hydrogen) atoms. The number of benzene rings is 1. The maximum Gasteiger partial charge on any atom is 0.230 e. The molecule has 0 radical (unpaired) electrons. The van der Waals surface area contributed by atoms with E-state index in [9.17, 15) is 4.79 Å². The first-order chi connectivity index (χ1) is 22.6. The molecule has 0 saturated carbocycles. The average Bonchev–Trinajstić information content (AvgIpc) is 3.50. The van der Waals surface area contributed by atoms with E-state index >= 15 is 0 Å². The second kappa shape index (κ2) is 19.7. The second-order valence-corrected chi connectivity index (χ2v) is 13.7. The lowest BCUT2D eigenvalue weighted by Gasteiger charge is -2.40. The summed E-state index contributed by atoms with van der Waals surface area (Å²) in [5.41, 5.74) is 5.21. The average molecular weight is 628 g/mol. The highest BCUT2D eigenvalue weighted by molar-refractivity contribution is 5.99. The minimum absolute atomic E-state index is 0.0445. The van der Waals surface area contributed by atoms with Gasteiger partial charge in [0.2, 0.25) is 5.91 Å². The van der Waals surface area contributed by atoms with Crippen LogP contribution in [0.4, 0.5) is 0 Å². The molecule has 0 fully saturated rings. The molecule has 0 unspecified atom stereocenters. The highest BCUT2D eigenvalue weighted by atomic mass is 16.2. The van der Waals surface area contributed by atoms with Crippen molar-refractivity contribution in [1.82, 2.24) is 14.8 Å². The number of aryl methyl sites for hydroxylation is 1. The van der Waals surface area contributed by atoms with Crippen molar-refractivity contribution in [2.75, 3.05) is 26.7 Å². The Morgan fingerprint density at radius 1 is 0.826 bits per heavy atom. The highest BCUT2D eigenvalue weighted by Gasteiger charge is 2.36. The first-order valence-electron chi connectivity index (χ1n) is 18.8. The van der Waals surface area contributed by atoms with Crippen molar-refractivity contribution >= 4 is 22.4 Å². The number of nitrogens with zero attached hydrogens (tertiary/aromatic N) is 3. The molecule has 5 rings (SSSR count). The zero-order chi connectivity index (χ0) is 32.6. The number of H-pyrrole nitrogens is 1. The van der Waals surface area contributed by atoms with Crippen molar-refractivity contribution in [3.05, 3.63) is 72.2 Å². The monoisotopic (exact) mass is 627 g/mol. The first kappa shape index (κ1) is 35.9. The summed E-state index contributed by atoms with van der Waals surface area (Å²) < 4.78 is 2.29. The number of aromatic amines is 1. The molecule has 3 aromatic rings. The maximum atomic E-state index is 12.9. The van der Waals surface area contributed by atoms with E-state index in [0.29, 0.717) is 6.04 Å². The van der Waals surface area contributed by atoms with Crippen LogP contribution in [0.1, 0.15) is 122 Å². The molecule has 1 aliphatic carbocycles. The summed E-state index contributed by atoms with van der Waals surface area (Å²) in [5.74, 6) is 0.210. The number of unbranched alkanes of at least 4 members (excludes halogenated alkanes) is 13. The molecule has 3 heterocycles. The van der Waals surface area contributed by atoms with Gasteiger partial charge in [-0.25, -0.2) is 4.57 Å². The van der Waals surface area contributed by atoms with Gasteiger partial charge in [0.1, 0.15) is 6.54 Å². The molecule has 0 spiro atoms. The van der Waals surface area contributed by atoms with Gasteiger partial charge in [-0.05, 0) is 56.5 Å². The maximum absolute atomic E-state index is 12.9. The number of pyridine rings is 1. The normalized spacial score (nSPS) is 17.3. The van der Waals surface area contributed by atoms with E-state index in [1.54, 1.807) is 0 Å². The van der Waals surface area contributed by atoms with E-state index in [-0.39, 0.29) is 11.8 Å². The van der Waals surface area contributed by atoms with Gasteiger partial charge in [-0.1, -0.05) is 108 Å². The zero-order valence-electron chi connectivity index (χ0n) is 29.6. The van der Waals surface area contributed by atoms with E-state index in [1.807, 2.05) is 4.90 Å². The van der Waals surface area contributed by atoms with Crippen molar-refractivity contribution in [2.24, 2.45) is 5.92 Å². The van der Waals surface area contributed by atoms with Gasteiger partial charge in [0.15, 0.2) is 12.4 Å². The number of carbonyl (C=O) groups is 1. The van der Waals surface area contributed by atoms with Gasteiger partial charge in [0.25, 0.3) is 0 Å². The Kier molecular flexibility index (Phi) is 15.4. The summed E-state index contributed by atoms with van der Waals surface area (Å²) in [6.45, 7) is 9.94. The van der Waals surface area contributed by atoms with Crippen LogP contribution >= 0.6 is 0 Å². The Morgan fingerprint density at radius 3 is 2.04 bits per heavy atom. The van der Waals surface area contributed by atoms with E-state index in [4.69, 9.17) is 0 Å². The van der Waals surface area contributed by atoms with Crippen LogP contribution in [0.2, 0.25) is 0 Å². The lowest BCUT2D eigenvalue weighted by molar-refractivity contribution is -0.697. The Hall–Kier alpha value is -2.92. The molecule has 252 valence electrons. The summed E-state index contributed by atoms with van der Waals surface area (Å²) in [6.07, 6.45) is 29.8. The van der Waals surface area contributed by atoms with Gasteiger partial charge in [0.05, 0.1) is 5.92 Å². The molecule has 1 N–H and O–H groups in total. The fourth-order valence-electron chi connectivity index (χ4n) is 7.45. The molecule has 1 aromatic carbocycles. The van der Waals surface area contributed by atoms with Crippen LogP contribution < -0.4 is 4.57 Å². The van der Waals surface area contributed by atoms with Gasteiger partial charge in [0, 0.05) is 61.3 Å². The third-order valence-corrected chi connectivity index (χ3v) is 10.2. The Morgan fingerprint density at radius 2 is 1.43 bits per heavy atom. The number of fused-ring (bicyclic) bond motifs is 2. The molecule has 5 heteroatoms. The van der Waals surface area contributed by atoms with Crippen LogP contribution in [-0.2, 0) is 17.8 Å². The lowest BCUT2D eigenvalue weighted by atomic mass is 9.79. The van der Waals surface area contributed by atoms with Crippen LogP contribution in [-0.4, -0.2) is 53.4 Å². The predicted octanol–water partition coefficient (Wildman–Crippen LogP) is 9.36. The van der Waals surface area contributed by atoms with Crippen LogP contribution in [0, 0.1) is 5.92 Å². The molecule has 2 aliphatic rings. The van der Waals surface area contributed by atoms with Crippen molar-refractivity contribution in [1.29, 1.82) is 0 Å². The summed E-state index contributed by atoms with van der Waals surface area (Å²) in [7, 11) is 2.15. The van der Waals surface area contributed by atoms with Gasteiger partial charge in [-0.2, -0.15) is 0 Å². The number of carbonyl (C=O) groups excluding carboxylic acids is 1. The molecule has 5 nitrogen and oxygen atoms in total. The summed E-state index contributed by atoms with van der Waals surface area (Å²) >= 11 is 0. The SMILES string of the molecule is CCCCCCCCCCCCCCCC[n+]1ccccc1.CCN(CC)C(=O)[C@@H]1C=C2c3cccc4[nH]cc(c34)C[C@H]2N(C)C1. The lowest BCUT2D eigenvalue weighted by Crippen LogP contribution is -2.47. The smallest absolute Gasteiger partial charge is 0.230 e. The van der Waals surface area contributed by atoms with Crippen molar-refractivity contribution in [2.45, 2.75) is 130 Å². The Bertz CT molecular complexity index is 1320. The number of hydrogen-bond acceptors (Lipinski definition) is 2. The van der Waals surface area contributed by atoms with E-state index in [1.165, 1.54) is 124 Å². The molecule has 0 saturated heterocycles. The fraction of sp³-hybridized carbons (Fsp3) is 0.610. The largest absolute Gasteiger partial charge is 0.361 e. The number of rotatable bonds is 18. The van der Waals surface area contributed by atoms with Gasteiger partial charge in [-0.3, -0.25) is 9.69 Å². The molecule has 1 amide bonds. The number of amides is 1. The van der Waals surface area contributed by atoms with Crippen molar-refractivity contribution in [3.8, 4) is 0 Å². The minimum atomic E-state index is -0.0445. The van der Waals surface area contributed by atoms with Crippen molar-refractivity contribution in [3.63, 3.8) is 0 Å². The highest BCUT2D eigenvalue weighted by Crippen LogP contribution is 2.41. The van der Waals surface area contributed by atoms with Crippen molar-refractivity contribution < 1.29 is 9.36 Å². The standard InChI is InChI=1S/C21H38N.C20H25N3O/c1-2-3-4-5-6-7-8-9-10-11-12-13-14-16-19-22-20-17-15-18-21-22;1-4-23(5-2)20(24)14-9-16-15-7-6-8-17-19(15)13(11-21-17)10-18(16)22(3)12-14/h15,17-18,20-21H,2-14,16,19H2,1H3;6-9,11,14,18,21H,4-5,10,12H2,1-3H3/q+1;/t;14-,18-/m.1/s1. The number of nitrogens with one attached hydrogen (secondary N) is 1. The minimum Gasteiger partial charge on any atom is -0.361 e. The molecule has 2 atom stereocenters. The van der Waals surface area contributed by atoms with Crippen LogP contribution in [0.25, 0.3) is 16.5 Å². The summed E-state index contributed by atoms with van der Waals surface area (Å²) in [6, 6.07) is 13.1. The van der Waals surface area contributed by atoms with Crippen LogP contribution in [0.3, 0.4) is 0 Å². The van der Waals surface area contributed by atoms with E-state index in [2.05, 4.69) is 103 Å². The van der Waals surface area contributed by atoms with E-state index < -0.39 is 0 Å². The van der Waals surface area contributed by atoms with Gasteiger partial charge < -0.3 is 9.88 Å². The van der Waals surface area contributed by atoms with Crippen LogP contribution in [0.5, 0.6) is 0 Å². The Balaban J connectivity index is 0.000000210. The number of aromatic nitrogens is 2.